The molecule has 1 aromatic carbocycles. The van der Waals surface area contributed by atoms with E-state index in [1.807, 2.05) is 23.1 Å². The third-order valence-corrected chi connectivity index (χ3v) is 4.78. The lowest BCUT2D eigenvalue weighted by Gasteiger charge is -2.33. The molecule has 1 aliphatic rings. The van der Waals surface area contributed by atoms with Crippen molar-refractivity contribution in [2.24, 2.45) is 5.41 Å². The van der Waals surface area contributed by atoms with Crippen molar-refractivity contribution in [2.45, 2.75) is 66.0 Å². The first kappa shape index (κ1) is 21.5. The van der Waals surface area contributed by atoms with Gasteiger partial charge >= 0.3 is 0 Å². The molecule has 1 saturated heterocycles. The van der Waals surface area contributed by atoms with Crippen LogP contribution in [0.2, 0.25) is 0 Å². The highest BCUT2D eigenvalue weighted by Gasteiger charge is 2.25. The maximum Gasteiger partial charge on any atom is 0.260 e. The zero-order valence-corrected chi connectivity index (χ0v) is 17.9. The van der Waals surface area contributed by atoms with Crippen molar-refractivity contribution in [2.75, 3.05) is 26.8 Å². The Morgan fingerprint density at radius 2 is 1.78 bits per heavy atom. The van der Waals surface area contributed by atoms with Crippen LogP contribution in [0.3, 0.4) is 0 Å². The molecule has 0 bridgehead atoms. The van der Waals surface area contributed by atoms with E-state index in [1.165, 1.54) is 0 Å². The maximum absolute atomic E-state index is 12.2. The van der Waals surface area contributed by atoms with Crippen LogP contribution in [0.5, 0.6) is 11.5 Å². The molecule has 2 rings (SSSR count). The molecule has 27 heavy (non-hydrogen) atoms. The Balaban J connectivity index is 1.93. The summed E-state index contributed by atoms with van der Waals surface area (Å²) in [5.41, 5.74) is 1.45. The van der Waals surface area contributed by atoms with Crippen molar-refractivity contribution in [3.63, 3.8) is 0 Å². The zero-order chi connectivity index (χ0) is 20.1. The van der Waals surface area contributed by atoms with Crippen molar-refractivity contribution in [1.29, 1.82) is 0 Å². The normalized spacial score (nSPS) is 15.1. The first-order valence-electron chi connectivity index (χ1n) is 9.92. The Hall–Kier alpha value is -1.75. The number of methoxy groups -OCH3 is 1. The number of amides is 1. The number of nitrogens with zero attached hydrogens (tertiary/aromatic N) is 1. The molecular formula is C22H36N2O3. The molecule has 1 aliphatic heterocycles. The number of rotatable bonds is 8. The number of carbonyl (C=O) groups is 1. The van der Waals surface area contributed by atoms with Crippen LogP contribution in [0.4, 0.5) is 0 Å². The van der Waals surface area contributed by atoms with Crippen LogP contribution >= 0.6 is 0 Å². The third-order valence-electron chi connectivity index (χ3n) is 4.78. The Morgan fingerprint density at radius 1 is 1.11 bits per heavy atom. The lowest BCUT2D eigenvalue weighted by Crippen LogP contribution is -2.41. The predicted molar refractivity (Wildman–Crippen MR) is 109 cm³/mol. The Labute approximate surface area is 164 Å². The van der Waals surface area contributed by atoms with Gasteiger partial charge in [0.25, 0.3) is 5.91 Å². The number of carbonyl (C=O) groups excluding carboxylic acids is 1. The van der Waals surface area contributed by atoms with Crippen LogP contribution in [-0.2, 0) is 11.3 Å². The molecule has 0 unspecified atom stereocenters. The zero-order valence-electron chi connectivity index (χ0n) is 17.9. The molecular weight excluding hydrogens is 340 g/mol. The van der Waals surface area contributed by atoms with Gasteiger partial charge in [-0.25, -0.2) is 0 Å². The largest absolute Gasteiger partial charge is 0.493 e. The van der Waals surface area contributed by atoms with Gasteiger partial charge in [-0.05, 0) is 56.2 Å². The molecule has 0 aromatic heterocycles. The van der Waals surface area contributed by atoms with E-state index in [9.17, 15) is 4.79 Å². The maximum atomic E-state index is 12.2. The SMILES string of the molecule is COc1cc(CNC(C)(C)CC(C)(C)C)ccc1OCC(=O)N1CCCC1. The van der Waals surface area contributed by atoms with Crippen LogP contribution in [0.15, 0.2) is 18.2 Å². The molecule has 152 valence electrons. The fourth-order valence-electron chi connectivity index (χ4n) is 3.87. The summed E-state index contributed by atoms with van der Waals surface area (Å²) >= 11 is 0. The molecule has 0 saturated carbocycles. The van der Waals surface area contributed by atoms with E-state index in [-0.39, 0.29) is 23.5 Å². The fraction of sp³-hybridized carbons (Fsp3) is 0.682. The summed E-state index contributed by atoms with van der Waals surface area (Å²) in [6.07, 6.45) is 3.25. The Morgan fingerprint density at radius 3 is 2.37 bits per heavy atom. The first-order valence-corrected chi connectivity index (χ1v) is 9.92. The molecule has 1 aromatic rings. The van der Waals surface area contributed by atoms with Crippen molar-refractivity contribution in [3.8, 4) is 11.5 Å². The molecule has 1 fully saturated rings. The lowest BCUT2D eigenvalue weighted by atomic mass is 9.82. The minimum absolute atomic E-state index is 0.0444. The van der Waals surface area contributed by atoms with Crippen molar-refractivity contribution in [1.82, 2.24) is 10.2 Å². The van der Waals surface area contributed by atoms with Gasteiger partial charge in [0.05, 0.1) is 7.11 Å². The second kappa shape index (κ2) is 8.96. The number of nitrogens with one attached hydrogen (secondary N) is 1. The smallest absolute Gasteiger partial charge is 0.260 e. The second-order valence-corrected chi connectivity index (χ2v) is 9.34. The summed E-state index contributed by atoms with van der Waals surface area (Å²) in [5, 5.41) is 3.63. The van der Waals surface area contributed by atoms with E-state index >= 15 is 0 Å². The summed E-state index contributed by atoms with van der Waals surface area (Å²) in [6.45, 7) is 13.7. The van der Waals surface area contributed by atoms with E-state index in [4.69, 9.17) is 9.47 Å². The number of benzene rings is 1. The molecule has 5 heteroatoms. The van der Waals surface area contributed by atoms with Crippen LogP contribution in [-0.4, -0.2) is 43.2 Å². The minimum Gasteiger partial charge on any atom is -0.493 e. The number of hydrogen-bond donors (Lipinski definition) is 1. The van der Waals surface area contributed by atoms with E-state index in [1.54, 1.807) is 7.11 Å². The quantitative estimate of drug-likeness (QED) is 0.745. The average molecular weight is 377 g/mol. The fourth-order valence-corrected chi connectivity index (χ4v) is 3.87. The highest BCUT2D eigenvalue weighted by Crippen LogP contribution is 2.30. The highest BCUT2D eigenvalue weighted by molar-refractivity contribution is 5.78. The van der Waals surface area contributed by atoms with Gasteiger partial charge in [-0.1, -0.05) is 26.8 Å². The number of hydrogen-bond acceptors (Lipinski definition) is 4. The third kappa shape index (κ3) is 7.06. The van der Waals surface area contributed by atoms with Crippen LogP contribution < -0.4 is 14.8 Å². The summed E-state index contributed by atoms with van der Waals surface area (Å²) in [6, 6.07) is 5.90. The van der Waals surface area contributed by atoms with E-state index in [0.29, 0.717) is 11.5 Å². The molecule has 0 atom stereocenters. The molecule has 0 radical (unpaired) electrons. The standard InChI is InChI=1S/C22H36N2O3/c1-21(2,3)16-22(4,5)23-14-17-9-10-18(19(13-17)26-6)27-15-20(25)24-11-7-8-12-24/h9-10,13,23H,7-8,11-12,14-16H2,1-6H3. The lowest BCUT2D eigenvalue weighted by molar-refractivity contribution is -0.132. The van der Waals surface area contributed by atoms with Gasteiger partial charge in [0.2, 0.25) is 0 Å². The van der Waals surface area contributed by atoms with Gasteiger partial charge in [0.1, 0.15) is 0 Å². The number of likely N-dealkylation sites (tertiary alicyclic amines) is 1. The number of ether oxygens (including phenoxy) is 2. The van der Waals surface area contributed by atoms with Gasteiger partial charge in [-0.15, -0.1) is 0 Å². The molecule has 1 amide bonds. The van der Waals surface area contributed by atoms with Gasteiger partial charge in [-0.3, -0.25) is 4.79 Å². The summed E-state index contributed by atoms with van der Waals surface area (Å²) in [7, 11) is 1.63. The Kier molecular flexibility index (Phi) is 7.15. The van der Waals surface area contributed by atoms with Gasteiger partial charge in [0, 0.05) is 25.2 Å². The van der Waals surface area contributed by atoms with Crippen molar-refractivity contribution < 1.29 is 14.3 Å². The highest BCUT2D eigenvalue weighted by atomic mass is 16.5. The van der Waals surface area contributed by atoms with Crippen LogP contribution in [0.25, 0.3) is 0 Å². The van der Waals surface area contributed by atoms with Crippen LogP contribution in [0.1, 0.15) is 59.4 Å². The van der Waals surface area contributed by atoms with E-state index < -0.39 is 0 Å². The predicted octanol–water partition coefficient (Wildman–Crippen LogP) is 4.00. The summed E-state index contributed by atoms with van der Waals surface area (Å²) < 4.78 is 11.2. The molecule has 0 spiro atoms. The molecule has 1 N–H and O–H groups in total. The Bertz CT molecular complexity index is 629. The average Bonchev–Trinajstić information content (AvgIpc) is 3.10. The molecule has 5 nitrogen and oxygen atoms in total. The topological polar surface area (TPSA) is 50.8 Å². The van der Waals surface area contributed by atoms with Crippen molar-refractivity contribution >= 4 is 5.91 Å². The molecule has 1 heterocycles. The summed E-state index contributed by atoms with van der Waals surface area (Å²) in [4.78, 5) is 14.0. The minimum atomic E-state index is 0.0444. The van der Waals surface area contributed by atoms with Crippen LogP contribution in [0, 0.1) is 5.41 Å². The van der Waals surface area contributed by atoms with Gasteiger partial charge in [-0.2, -0.15) is 0 Å². The van der Waals surface area contributed by atoms with Crippen molar-refractivity contribution in [3.05, 3.63) is 23.8 Å². The van der Waals surface area contributed by atoms with Gasteiger partial charge < -0.3 is 19.7 Å². The van der Waals surface area contributed by atoms with Gasteiger partial charge in [0.15, 0.2) is 18.1 Å². The summed E-state index contributed by atoms with van der Waals surface area (Å²) in [5.74, 6) is 1.32. The molecule has 0 aliphatic carbocycles. The second-order valence-electron chi connectivity index (χ2n) is 9.34. The van der Waals surface area contributed by atoms with E-state index in [0.717, 1.165) is 44.5 Å². The first-order chi connectivity index (χ1) is 12.6. The monoisotopic (exact) mass is 376 g/mol. The van der Waals surface area contributed by atoms with E-state index in [2.05, 4.69) is 39.9 Å².